The molecule has 0 spiro atoms. The summed E-state index contributed by atoms with van der Waals surface area (Å²) in [6.07, 6.45) is 0.594. The first-order chi connectivity index (χ1) is 10.2. The van der Waals surface area contributed by atoms with Crippen LogP contribution in [-0.4, -0.2) is 12.4 Å². The third-order valence-corrected chi connectivity index (χ3v) is 4.02. The van der Waals surface area contributed by atoms with Gasteiger partial charge in [0.05, 0.1) is 23.3 Å². The van der Waals surface area contributed by atoms with E-state index in [2.05, 4.69) is 0 Å². The van der Waals surface area contributed by atoms with Crippen molar-refractivity contribution in [3.8, 4) is 0 Å². The summed E-state index contributed by atoms with van der Waals surface area (Å²) < 4.78 is 19.5. The maximum atomic E-state index is 13.8. The van der Waals surface area contributed by atoms with Gasteiger partial charge in [-0.1, -0.05) is 41.9 Å². The first-order valence-corrected chi connectivity index (χ1v) is 7.21. The smallest absolute Gasteiger partial charge is 0.170 e. The summed E-state index contributed by atoms with van der Waals surface area (Å²) in [6, 6.07) is 12.1. The summed E-state index contributed by atoms with van der Waals surface area (Å²) in [5.41, 5.74) is 2.14. The molecule has 2 aromatic rings. The van der Waals surface area contributed by atoms with Crippen LogP contribution in [0.15, 0.2) is 42.5 Å². The van der Waals surface area contributed by atoms with Crippen molar-refractivity contribution in [2.24, 2.45) is 0 Å². The number of carbonyl (C=O) groups is 1. The largest absolute Gasteiger partial charge is 0.373 e. The molecule has 2 nitrogen and oxygen atoms in total. The van der Waals surface area contributed by atoms with Crippen LogP contribution in [0.4, 0.5) is 4.39 Å². The molecule has 0 bridgehead atoms. The maximum absolute atomic E-state index is 13.8. The molecule has 0 saturated heterocycles. The minimum Gasteiger partial charge on any atom is -0.373 e. The zero-order chi connectivity index (χ0) is 14.8. The van der Waals surface area contributed by atoms with Crippen LogP contribution in [0.5, 0.6) is 0 Å². The molecule has 1 heterocycles. The van der Waals surface area contributed by atoms with Crippen LogP contribution in [0, 0.1) is 5.82 Å². The zero-order valence-electron chi connectivity index (χ0n) is 11.3. The van der Waals surface area contributed by atoms with E-state index < -0.39 is 5.82 Å². The summed E-state index contributed by atoms with van der Waals surface area (Å²) in [5, 5.41) is 0.143. The molecule has 0 saturated carbocycles. The van der Waals surface area contributed by atoms with Crippen LogP contribution in [0.1, 0.15) is 34.0 Å². The number of Topliss-reactive ketones (excluding diaryl/α,β-unsaturated/α-hetero) is 1. The monoisotopic (exact) mass is 304 g/mol. The average Bonchev–Trinajstić information content (AvgIpc) is 2.47. The third-order valence-electron chi connectivity index (χ3n) is 3.70. The molecule has 3 rings (SSSR count). The third kappa shape index (κ3) is 2.85. The van der Waals surface area contributed by atoms with Crippen LogP contribution in [0.2, 0.25) is 5.02 Å². The van der Waals surface area contributed by atoms with Crippen molar-refractivity contribution in [3.05, 3.63) is 70.0 Å². The number of halogens is 2. The van der Waals surface area contributed by atoms with Crippen molar-refractivity contribution >= 4 is 17.4 Å². The van der Waals surface area contributed by atoms with E-state index in [1.54, 1.807) is 0 Å². The van der Waals surface area contributed by atoms with Gasteiger partial charge in [0.2, 0.25) is 0 Å². The van der Waals surface area contributed by atoms with E-state index in [9.17, 15) is 9.18 Å². The quantitative estimate of drug-likeness (QED) is 0.787. The van der Waals surface area contributed by atoms with Gasteiger partial charge >= 0.3 is 0 Å². The van der Waals surface area contributed by atoms with Gasteiger partial charge in [-0.2, -0.15) is 0 Å². The fraction of sp³-hybridized carbons (Fsp3) is 0.235. The average molecular weight is 305 g/mol. The lowest BCUT2D eigenvalue weighted by atomic mass is 9.93. The normalized spacial score (nSPS) is 17.3. The van der Waals surface area contributed by atoms with Crippen LogP contribution in [0.25, 0.3) is 0 Å². The molecular formula is C17H14ClFO2. The van der Waals surface area contributed by atoms with Gasteiger partial charge in [-0.05, 0) is 29.7 Å². The Morgan fingerprint density at radius 1 is 1.24 bits per heavy atom. The second-order valence-corrected chi connectivity index (χ2v) is 5.44. The Labute approximate surface area is 127 Å². The van der Waals surface area contributed by atoms with Gasteiger partial charge in [0, 0.05) is 6.42 Å². The molecule has 0 aliphatic carbocycles. The Bertz CT molecular complexity index is 664. The highest BCUT2D eigenvalue weighted by Crippen LogP contribution is 2.32. The van der Waals surface area contributed by atoms with Crippen molar-refractivity contribution in [2.75, 3.05) is 6.61 Å². The highest BCUT2D eigenvalue weighted by atomic mass is 35.5. The summed E-state index contributed by atoms with van der Waals surface area (Å²) >= 11 is 5.94. The first kappa shape index (κ1) is 14.2. The summed E-state index contributed by atoms with van der Waals surface area (Å²) in [5.74, 6) is -0.920. The van der Waals surface area contributed by atoms with E-state index >= 15 is 0 Å². The van der Waals surface area contributed by atoms with Gasteiger partial charge in [-0.3, -0.25) is 4.79 Å². The molecular weight excluding hydrogens is 291 g/mol. The summed E-state index contributed by atoms with van der Waals surface area (Å²) in [4.78, 5) is 12.4. The highest BCUT2D eigenvalue weighted by Gasteiger charge is 2.25. The van der Waals surface area contributed by atoms with Crippen molar-refractivity contribution in [1.29, 1.82) is 0 Å². The lowest BCUT2D eigenvalue weighted by Crippen LogP contribution is -2.19. The molecule has 1 unspecified atom stereocenters. The van der Waals surface area contributed by atoms with Crippen molar-refractivity contribution in [3.63, 3.8) is 0 Å². The van der Waals surface area contributed by atoms with E-state index in [1.165, 1.54) is 23.8 Å². The molecule has 1 aliphatic rings. The first-order valence-electron chi connectivity index (χ1n) is 6.83. The number of rotatable bonds is 3. The SMILES string of the molecule is O=C(CC1OCCc2ccccc21)c1c(F)cccc1Cl. The number of benzene rings is 2. The van der Waals surface area contributed by atoms with E-state index in [1.807, 2.05) is 24.3 Å². The van der Waals surface area contributed by atoms with E-state index in [-0.39, 0.29) is 28.9 Å². The van der Waals surface area contributed by atoms with Crippen LogP contribution < -0.4 is 0 Å². The minimum absolute atomic E-state index is 0.0502. The molecule has 4 heteroatoms. The lowest BCUT2D eigenvalue weighted by Gasteiger charge is -2.25. The molecule has 0 amide bonds. The minimum atomic E-state index is -0.586. The zero-order valence-corrected chi connectivity index (χ0v) is 12.1. The van der Waals surface area contributed by atoms with Gasteiger partial charge in [0.15, 0.2) is 5.78 Å². The van der Waals surface area contributed by atoms with Crippen molar-refractivity contribution in [2.45, 2.75) is 18.9 Å². The molecule has 108 valence electrons. The van der Waals surface area contributed by atoms with Crippen LogP contribution >= 0.6 is 11.6 Å². The molecule has 0 fully saturated rings. The Hall–Kier alpha value is -1.71. The molecule has 0 N–H and O–H groups in total. The Morgan fingerprint density at radius 3 is 2.86 bits per heavy atom. The molecule has 0 radical (unpaired) electrons. The van der Waals surface area contributed by atoms with E-state index in [0.29, 0.717) is 6.61 Å². The second-order valence-electron chi connectivity index (χ2n) is 5.03. The molecule has 1 aliphatic heterocycles. The molecule has 2 aromatic carbocycles. The highest BCUT2D eigenvalue weighted by molar-refractivity contribution is 6.34. The van der Waals surface area contributed by atoms with Crippen LogP contribution in [0.3, 0.4) is 0 Å². The lowest BCUT2D eigenvalue weighted by molar-refractivity contribution is 0.0351. The standard InChI is InChI=1S/C17H14ClFO2/c18-13-6-3-7-14(19)17(13)15(20)10-16-12-5-2-1-4-11(12)8-9-21-16/h1-7,16H,8-10H2. The van der Waals surface area contributed by atoms with E-state index in [4.69, 9.17) is 16.3 Å². The number of carbonyl (C=O) groups excluding carboxylic acids is 1. The van der Waals surface area contributed by atoms with Crippen molar-refractivity contribution < 1.29 is 13.9 Å². The topological polar surface area (TPSA) is 26.3 Å². The number of ether oxygens (including phenoxy) is 1. The number of hydrogen-bond acceptors (Lipinski definition) is 2. The fourth-order valence-corrected chi connectivity index (χ4v) is 2.95. The summed E-state index contributed by atoms with van der Waals surface area (Å²) in [7, 11) is 0. The Balaban J connectivity index is 1.86. The van der Waals surface area contributed by atoms with Crippen molar-refractivity contribution in [1.82, 2.24) is 0 Å². The number of fused-ring (bicyclic) bond motifs is 1. The van der Waals surface area contributed by atoms with Gasteiger partial charge < -0.3 is 4.74 Å². The Morgan fingerprint density at radius 2 is 2.05 bits per heavy atom. The predicted octanol–water partition coefficient (Wildman–Crippen LogP) is 4.37. The maximum Gasteiger partial charge on any atom is 0.170 e. The van der Waals surface area contributed by atoms with E-state index in [0.717, 1.165) is 12.0 Å². The number of hydrogen-bond donors (Lipinski definition) is 0. The molecule has 0 aromatic heterocycles. The van der Waals surface area contributed by atoms with Gasteiger partial charge in [-0.15, -0.1) is 0 Å². The fourth-order valence-electron chi connectivity index (χ4n) is 2.68. The van der Waals surface area contributed by atoms with Gasteiger partial charge in [0.1, 0.15) is 5.82 Å². The molecule has 21 heavy (non-hydrogen) atoms. The second kappa shape index (κ2) is 5.96. The van der Waals surface area contributed by atoms with Gasteiger partial charge in [-0.25, -0.2) is 4.39 Å². The van der Waals surface area contributed by atoms with Gasteiger partial charge in [0.25, 0.3) is 0 Å². The number of ketones is 1. The summed E-state index contributed by atoms with van der Waals surface area (Å²) in [6.45, 7) is 0.569. The molecule has 1 atom stereocenters. The van der Waals surface area contributed by atoms with Crippen LogP contribution in [-0.2, 0) is 11.2 Å². The Kier molecular flexibility index (Phi) is 4.04. The predicted molar refractivity (Wildman–Crippen MR) is 79.2 cm³/mol.